The van der Waals surface area contributed by atoms with Crippen LogP contribution in [0.5, 0.6) is 0 Å². The summed E-state index contributed by atoms with van der Waals surface area (Å²) in [6, 6.07) is 7.74. The molecule has 2 aromatic rings. The van der Waals surface area contributed by atoms with E-state index >= 15 is 0 Å². The molecule has 2 rings (SSSR count). The van der Waals surface area contributed by atoms with Crippen molar-refractivity contribution in [3.8, 4) is 0 Å². The Labute approximate surface area is 126 Å². The van der Waals surface area contributed by atoms with E-state index in [1.54, 1.807) is 0 Å². The molecule has 3 heteroatoms. The van der Waals surface area contributed by atoms with Crippen LogP contribution in [0.2, 0.25) is 0 Å². The van der Waals surface area contributed by atoms with Crippen molar-refractivity contribution in [2.24, 2.45) is 0 Å². The summed E-state index contributed by atoms with van der Waals surface area (Å²) in [6.45, 7) is 2.25. The molecule has 1 heterocycles. The first-order valence-electron chi connectivity index (χ1n) is 8.29. The summed E-state index contributed by atoms with van der Waals surface area (Å²) < 4.78 is 0. The van der Waals surface area contributed by atoms with Crippen LogP contribution in [0.15, 0.2) is 29.1 Å². The summed E-state index contributed by atoms with van der Waals surface area (Å²) in [6.07, 6.45) is 11.4. The predicted molar refractivity (Wildman–Crippen MR) is 88.7 cm³/mol. The van der Waals surface area contributed by atoms with Gasteiger partial charge in [0.25, 0.3) is 5.56 Å². The Kier molecular flexibility index (Phi) is 6.45. The third kappa shape index (κ3) is 4.69. The molecule has 114 valence electrons. The van der Waals surface area contributed by atoms with Gasteiger partial charge in [-0.05, 0) is 18.9 Å². The summed E-state index contributed by atoms with van der Waals surface area (Å²) >= 11 is 0. The van der Waals surface area contributed by atoms with E-state index in [9.17, 15) is 4.79 Å². The van der Waals surface area contributed by atoms with Crippen molar-refractivity contribution in [1.82, 2.24) is 10.2 Å². The number of nitrogens with zero attached hydrogens (tertiary/aromatic N) is 1. The highest BCUT2D eigenvalue weighted by molar-refractivity contribution is 5.83. The first-order chi connectivity index (χ1) is 10.3. The molecule has 0 radical (unpaired) electrons. The molecule has 0 bridgehead atoms. The van der Waals surface area contributed by atoms with E-state index in [0.717, 1.165) is 29.3 Å². The Balaban J connectivity index is 1.79. The van der Waals surface area contributed by atoms with Gasteiger partial charge in [-0.3, -0.25) is 4.79 Å². The van der Waals surface area contributed by atoms with Gasteiger partial charge in [-0.2, -0.15) is 5.10 Å². The van der Waals surface area contributed by atoms with E-state index in [2.05, 4.69) is 17.1 Å². The summed E-state index contributed by atoms with van der Waals surface area (Å²) in [5.74, 6) is 0. The first-order valence-corrected chi connectivity index (χ1v) is 8.29. The monoisotopic (exact) mass is 286 g/mol. The summed E-state index contributed by atoms with van der Waals surface area (Å²) in [5.41, 5.74) is 0.932. The lowest BCUT2D eigenvalue weighted by Crippen LogP contribution is -2.10. The predicted octanol–water partition coefficient (Wildman–Crippen LogP) is 4.61. The van der Waals surface area contributed by atoms with Crippen molar-refractivity contribution in [2.75, 3.05) is 0 Å². The molecule has 0 aliphatic heterocycles. The molecule has 0 unspecified atom stereocenters. The van der Waals surface area contributed by atoms with Gasteiger partial charge in [-0.15, -0.1) is 0 Å². The molecule has 0 atom stereocenters. The van der Waals surface area contributed by atoms with E-state index in [-0.39, 0.29) is 5.56 Å². The third-order valence-electron chi connectivity index (χ3n) is 4.04. The molecule has 0 fully saturated rings. The number of aryl methyl sites for hydroxylation is 1. The average molecular weight is 286 g/mol. The minimum atomic E-state index is -0.0923. The number of hydrogen-bond donors (Lipinski definition) is 1. The van der Waals surface area contributed by atoms with Gasteiger partial charge >= 0.3 is 0 Å². The number of hydrogen-bond acceptors (Lipinski definition) is 2. The van der Waals surface area contributed by atoms with Crippen LogP contribution in [-0.2, 0) is 6.42 Å². The Morgan fingerprint density at radius 3 is 2.24 bits per heavy atom. The summed E-state index contributed by atoms with van der Waals surface area (Å²) in [5, 5.41) is 8.60. The van der Waals surface area contributed by atoms with Crippen LogP contribution in [0.3, 0.4) is 0 Å². The highest BCUT2D eigenvalue weighted by Crippen LogP contribution is 2.16. The highest BCUT2D eigenvalue weighted by Gasteiger charge is 2.05. The van der Waals surface area contributed by atoms with Gasteiger partial charge in [-0.25, -0.2) is 5.10 Å². The van der Waals surface area contributed by atoms with Crippen LogP contribution in [0.1, 0.15) is 64.0 Å². The molecule has 3 nitrogen and oxygen atoms in total. The van der Waals surface area contributed by atoms with Gasteiger partial charge in [0.15, 0.2) is 0 Å². The lowest BCUT2D eigenvalue weighted by molar-refractivity contribution is 0.573. The topological polar surface area (TPSA) is 45.8 Å². The second-order valence-electron chi connectivity index (χ2n) is 5.77. The number of unbranched alkanes of at least 4 members (excludes halogenated alkanes) is 7. The highest BCUT2D eigenvalue weighted by atomic mass is 16.1. The van der Waals surface area contributed by atoms with Crippen LogP contribution >= 0.6 is 0 Å². The van der Waals surface area contributed by atoms with Crippen molar-refractivity contribution >= 4 is 10.8 Å². The number of fused-ring (bicyclic) bond motifs is 1. The summed E-state index contributed by atoms with van der Waals surface area (Å²) in [7, 11) is 0. The molecular formula is C18H26N2O. The maximum atomic E-state index is 11.7. The molecule has 0 saturated heterocycles. The zero-order valence-electron chi connectivity index (χ0n) is 13.0. The maximum Gasteiger partial charge on any atom is 0.272 e. The zero-order chi connectivity index (χ0) is 14.9. The Bertz CT molecular complexity index is 603. The van der Waals surface area contributed by atoms with Gasteiger partial charge in [-0.1, -0.05) is 70.1 Å². The fourth-order valence-electron chi connectivity index (χ4n) is 2.79. The maximum absolute atomic E-state index is 11.7. The van der Waals surface area contributed by atoms with Crippen LogP contribution in [0, 0.1) is 0 Å². The van der Waals surface area contributed by atoms with Crippen molar-refractivity contribution in [1.29, 1.82) is 0 Å². The molecular weight excluding hydrogens is 260 g/mol. The van der Waals surface area contributed by atoms with Gasteiger partial charge in [0, 0.05) is 5.39 Å². The minimum Gasteiger partial charge on any atom is -0.267 e. The normalized spacial score (nSPS) is 11.1. The minimum absolute atomic E-state index is 0.0923. The number of benzene rings is 1. The van der Waals surface area contributed by atoms with E-state index in [0.29, 0.717) is 0 Å². The standard InChI is InChI=1S/C18H26N2O/c1-2-3-4-5-6-7-8-9-14-17-15-12-10-11-13-16(15)18(21)20-19-17/h10-13H,2-9,14H2,1H3,(H,20,21). The van der Waals surface area contributed by atoms with Crippen molar-refractivity contribution in [3.63, 3.8) is 0 Å². The Morgan fingerprint density at radius 2 is 1.52 bits per heavy atom. The second kappa shape index (κ2) is 8.60. The third-order valence-corrected chi connectivity index (χ3v) is 4.04. The van der Waals surface area contributed by atoms with Crippen molar-refractivity contribution < 1.29 is 0 Å². The summed E-state index contributed by atoms with van der Waals surface area (Å²) in [4.78, 5) is 11.7. The average Bonchev–Trinajstić information content (AvgIpc) is 2.52. The molecule has 21 heavy (non-hydrogen) atoms. The van der Waals surface area contributed by atoms with Crippen LogP contribution < -0.4 is 5.56 Å². The molecule has 0 saturated carbocycles. The number of aromatic nitrogens is 2. The van der Waals surface area contributed by atoms with Crippen LogP contribution in [0.4, 0.5) is 0 Å². The Hall–Kier alpha value is -1.64. The largest absolute Gasteiger partial charge is 0.272 e. The molecule has 1 aromatic heterocycles. The second-order valence-corrected chi connectivity index (χ2v) is 5.77. The Morgan fingerprint density at radius 1 is 0.905 bits per heavy atom. The van der Waals surface area contributed by atoms with Crippen LogP contribution in [-0.4, -0.2) is 10.2 Å². The van der Waals surface area contributed by atoms with E-state index in [4.69, 9.17) is 0 Å². The number of H-pyrrole nitrogens is 1. The molecule has 0 aliphatic carbocycles. The molecule has 0 aliphatic rings. The fourth-order valence-corrected chi connectivity index (χ4v) is 2.79. The molecule has 0 amide bonds. The quantitative estimate of drug-likeness (QED) is 0.684. The van der Waals surface area contributed by atoms with Crippen molar-refractivity contribution in [2.45, 2.75) is 64.7 Å². The SMILES string of the molecule is CCCCCCCCCCc1n[nH]c(=O)c2ccccc12. The smallest absolute Gasteiger partial charge is 0.267 e. The lowest BCUT2D eigenvalue weighted by atomic mass is 10.0. The number of aromatic amines is 1. The fraction of sp³-hybridized carbons (Fsp3) is 0.556. The number of rotatable bonds is 9. The number of nitrogens with one attached hydrogen (secondary N) is 1. The van der Waals surface area contributed by atoms with Crippen LogP contribution in [0.25, 0.3) is 10.8 Å². The van der Waals surface area contributed by atoms with Gasteiger partial charge < -0.3 is 0 Å². The molecule has 0 spiro atoms. The van der Waals surface area contributed by atoms with E-state index in [1.807, 2.05) is 24.3 Å². The van der Waals surface area contributed by atoms with Gasteiger partial charge in [0.2, 0.25) is 0 Å². The van der Waals surface area contributed by atoms with E-state index in [1.165, 1.54) is 44.9 Å². The molecule has 1 N–H and O–H groups in total. The molecule has 1 aromatic carbocycles. The van der Waals surface area contributed by atoms with Crippen molar-refractivity contribution in [3.05, 3.63) is 40.3 Å². The lowest BCUT2D eigenvalue weighted by Gasteiger charge is -2.05. The van der Waals surface area contributed by atoms with Gasteiger partial charge in [0.05, 0.1) is 11.1 Å². The van der Waals surface area contributed by atoms with Gasteiger partial charge in [0.1, 0.15) is 0 Å². The van der Waals surface area contributed by atoms with E-state index < -0.39 is 0 Å². The first kappa shape index (κ1) is 15.7. The zero-order valence-corrected chi connectivity index (χ0v) is 13.0.